The fourth-order valence-electron chi connectivity index (χ4n) is 1.52. The SMILES string of the molecule is CCCCN(CC(=O)NCc1ccco1)C(C)=O. The minimum Gasteiger partial charge on any atom is -0.467 e. The number of nitrogens with zero attached hydrogens (tertiary/aromatic N) is 1. The molecule has 0 spiro atoms. The van der Waals surface area contributed by atoms with Crippen molar-refractivity contribution in [2.75, 3.05) is 13.1 Å². The Hall–Kier alpha value is -1.78. The van der Waals surface area contributed by atoms with Crippen molar-refractivity contribution in [3.05, 3.63) is 24.2 Å². The number of rotatable bonds is 7. The van der Waals surface area contributed by atoms with E-state index in [2.05, 4.69) is 12.2 Å². The van der Waals surface area contributed by atoms with Gasteiger partial charge < -0.3 is 14.6 Å². The van der Waals surface area contributed by atoms with Crippen LogP contribution in [0.3, 0.4) is 0 Å². The molecule has 0 fully saturated rings. The van der Waals surface area contributed by atoms with Crippen molar-refractivity contribution in [3.63, 3.8) is 0 Å². The molecule has 2 amide bonds. The normalized spacial score (nSPS) is 10.1. The summed E-state index contributed by atoms with van der Waals surface area (Å²) >= 11 is 0. The standard InChI is InChI=1S/C13H20N2O3/c1-3-4-7-15(11(2)16)10-13(17)14-9-12-6-5-8-18-12/h5-6,8H,3-4,7,9-10H2,1-2H3,(H,14,17). The molecule has 5 nitrogen and oxygen atoms in total. The second-order valence-electron chi connectivity index (χ2n) is 4.15. The summed E-state index contributed by atoms with van der Waals surface area (Å²) in [7, 11) is 0. The Morgan fingerprint density at radius 1 is 1.44 bits per heavy atom. The number of amides is 2. The van der Waals surface area contributed by atoms with Gasteiger partial charge in [-0.1, -0.05) is 13.3 Å². The van der Waals surface area contributed by atoms with Gasteiger partial charge in [0.05, 0.1) is 19.4 Å². The topological polar surface area (TPSA) is 62.6 Å². The van der Waals surface area contributed by atoms with Crippen LogP contribution in [0, 0.1) is 0 Å². The van der Waals surface area contributed by atoms with E-state index in [0.717, 1.165) is 12.8 Å². The third-order valence-electron chi connectivity index (χ3n) is 2.60. The third-order valence-corrected chi connectivity index (χ3v) is 2.60. The maximum Gasteiger partial charge on any atom is 0.240 e. The van der Waals surface area contributed by atoms with E-state index >= 15 is 0 Å². The quantitative estimate of drug-likeness (QED) is 0.800. The van der Waals surface area contributed by atoms with E-state index in [0.29, 0.717) is 18.8 Å². The molecule has 18 heavy (non-hydrogen) atoms. The molecule has 1 heterocycles. The van der Waals surface area contributed by atoms with E-state index in [4.69, 9.17) is 4.42 Å². The molecule has 1 rings (SSSR count). The zero-order valence-corrected chi connectivity index (χ0v) is 10.9. The van der Waals surface area contributed by atoms with Crippen LogP contribution in [-0.2, 0) is 16.1 Å². The number of hydrogen-bond acceptors (Lipinski definition) is 3. The predicted octanol–water partition coefficient (Wildman–Crippen LogP) is 1.54. The van der Waals surface area contributed by atoms with Gasteiger partial charge in [0.1, 0.15) is 5.76 Å². The number of nitrogens with one attached hydrogen (secondary N) is 1. The molecule has 0 atom stereocenters. The van der Waals surface area contributed by atoms with E-state index in [1.54, 1.807) is 23.3 Å². The predicted molar refractivity (Wildman–Crippen MR) is 67.7 cm³/mol. The summed E-state index contributed by atoms with van der Waals surface area (Å²) in [5, 5.41) is 2.72. The van der Waals surface area contributed by atoms with Crippen molar-refractivity contribution < 1.29 is 14.0 Å². The maximum atomic E-state index is 11.7. The molecule has 0 saturated carbocycles. The van der Waals surface area contributed by atoms with Gasteiger partial charge in [-0.05, 0) is 18.6 Å². The van der Waals surface area contributed by atoms with Gasteiger partial charge in [0.15, 0.2) is 0 Å². The Labute approximate surface area is 107 Å². The van der Waals surface area contributed by atoms with E-state index in [1.165, 1.54) is 6.92 Å². The zero-order valence-electron chi connectivity index (χ0n) is 10.9. The van der Waals surface area contributed by atoms with Crippen LogP contribution in [0.1, 0.15) is 32.4 Å². The molecule has 0 unspecified atom stereocenters. The van der Waals surface area contributed by atoms with Crippen LogP contribution < -0.4 is 5.32 Å². The highest BCUT2D eigenvalue weighted by Crippen LogP contribution is 1.99. The Bertz CT molecular complexity index is 374. The molecule has 1 aromatic rings. The highest BCUT2D eigenvalue weighted by atomic mass is 16.3. The monoisotopic (exact) mass is 252 g/mol. The van der Waals surface area contributed by atoms with Crippen LogP contribution in [0.25, 0.3) is 0 Å². The van der Waals surface area contributed by atoms with Crippen molar-refractivity contribution in [1.82, 2.24) is 10.2 Å². The third kappa shape index (κ3) is 5.03. The first-order valence-corrected chi connectivity index (χ1v) is 6.18. The van der Waals surface area contributed by atoms with E-state index in [9.17, 15) is 9.59 Å². The molecule has 1 N–H and O–H groups in total. The van der Waals surface area contributed by atoms with Gasteiger partial charge in [0.25, 0.3) is 0 Å². The van der Waals surface area contributed by atoms with Crippen molar-refractivity contribution in [2.45, 2.75) is 33.2 Å². The van der Waals surface area contributed by atoms with Gasteiger partial charge in [-0.3, -0.25) is 9.59 Å². The zero-order chi connectivity index (χ0) is 13.4. The Balaban J connectivity index is 2.34. The molecule has 0 radical (unpaired) electrons. The maximum absolute atomic E-state index is 11.7. The molecule has 0 bridgehead atoms. The number of unbranched alkanes of at least 4 members (excludes halogenated alkanes) is 1. The lowest BCUT2D eigenvalue weighted by molar-refractivity contribution is -0.134. The molecule has 0 aliphatic heterocycles. The molecule has 0 aliphatic rings. The van der Waals surface area contributed by atoms with Gasteiger partial charge >= 0.3 is 0 Å². The second kappa shape index (κ2) is 7.53. The van der Waals surface area contributed by atoms with E-state index in [-0.39, 0.29) is 18.4 Å². The lowest BCUT2D eigenvalue weighted by Crippen LogP contribution is -2.39. The lowest BCUT2D eigenvalue weighted by Gasteiger charge is -2.19. The van der Waals surface area contributed by atoms with Gasteiger partial charge in [0.2, 0.25) is 11.8 Å². The summed E-state index contributed by atoms with van der Waals surface area (Å²) in [6.07, 6.45) is 3.47. The fourth-order valence-corrected chi connectivity index (χ4v) is 1.52. The van der Waals surface area contributed by atoms with E-state index < -0.39 is 0 Å². The van der Waals surface area contributed by atoms with Crippen molar-refractivity contribution >= 4 is 11.8 Å². The fraction of sp³-hybridized carbons (Fsp3) is 0.538. The first-order chi connectivity index (χ1) is 8.63. The largest absolute Gasteiger partial charge is 0.467 e. The summed E-state index contributed by atoms with van der Waals surface area (Å²) in [6.45, 7) is 4.62. The van der Waals surface area contributed by atoms with Gasteiger partial charge in [-0.2, -0.15) is 0 Å². The molecule has 5 heteroatoms. The average molecular weight is 252 g/mol. The molecule has 1 aromatic heterocycles. The summed E-state index contributed by atoms with van der Waals surface area (Å²) < 4.78 is 5.11. The molecule has 0 saturated heterocycles. The summed E-state index contributed by atoms with van der Waals surface area (Å²) in [5.74, 6) is 0.459. The first kappa shape index (κ1) is 14.3. The summed E-state index contributed by atoms with van der Waals surface area (Å²) in [5.41, 5.74) is 0. The lowest BCUT2D eigenvalue weighted by atomic mass is 10.3. The molecule has 0 aromatic carbocycles. The summed E-state index contributed by atoms with van der Waals surface area (Å²) in [4.78, 5) is 24.6. The van der Waals surface area contributed by atoms with Crippen molar-refractivity contribution in [1.29, 1.82) is 0 Å². The Kier molecular flexibility index (Phi) is 5.97. The highest BCUT2D eigenvalue weighted by Gasteiger charge is 2.12. The van der Waals surface area contributed by atoms with Crippen LogP contribution in [0.4, 0.5) is 0 Å². The Morgan fingerprint density at radius 2 is 2.22 bits per heavy atom. The van der Waals surface area contributed by atoms with E-state index in [1.807, 2.05) is 0 Å². The minimum absolute atomic E-state index is 0.0726. The molecular weight excluding hydrogens is 232 g/mol. The molecule has 100 valence electrons. The van der Waals surface area contributed by atoms with Gasteiger partial charge in [-0.25, -0.2) is 0 Å². The van der Waals surface area contributed by atoms with Gasteiger partial charge in [0, 0.05) is 13.5 Å². The number of carbonyl (C=O) groups excluding carboxylic acids is 2. The number of carbonyl (C=O) groups is 2. The highest BCUT2D eigenvalue weighted by molar-refractivity contribution is 5.83. The van der Waals surface area contributed by atoms with Crippen LogP contribution in [0.5, 0.6) is 0 Å². The molecule has 0 aliphatic carbocycles. The second-order valence-corrected chi connectivity index (χ2v) is 4.15. The Morgan fingerprint density at radius 3 is 2.78 bits per heavy atom. The summed E-state index contributed by atoms with van der Waals surface area (Å²) in [6, 6.07) is 3.56. The van der Waals surface area contributed by atoms with Crippen LogP contribution in [0.2, 0.25) is 0 Å². The number of furan rings is 1. The van der Waals surface area contributed by atoms with Crippen LogP contribution >= 0.6 is 0 Å². The molecular formula is C13H20N2O3. The minimum atomic E-state index is -0.169. The van der Waals surface area contributed by atoms with Crippen LogP contribution in [-0.4, -0.2) is 29.8 Å². The van der Waals surface area contributed by atoms with Gasteiger partial charge in [-0.15, -0.1) is 0 Å². The first-order valence-electron chi connectivity index (χ1n) is 6.18. The smallest absolute Gasteiger partial charge is 0.240 e. The van der Waals surface area contributed by atoms with Crippen molar-refractivity contribution in [3.8, 4) is 0 Å². The van der Waals surface area contributed by atoms with Crippen LogP contribution in [0.15, 0.2) is 22.8 Å². The number of hydrogen-bond donors (Lipinski definition) is 1. The van der Waals surface area contributed by atoms with Crippen molar-refractivity contribution in [2.24, 2.45) is 0 Å². The average Bonchev–Trinajstić information content (AvgIpc) is 2.84.